The Morgan fingerprint density at radius 1 is 1.03 bits per heavy atom. The molecule has 32 heavy (non-hydrogen) atoms. The fourth-order valence-electron chi connectivity index (χ4n) is 3.80. The summed E-state index contributed by atoms with van der Waals surface area (Å²) >= 11 is 1.35. The molecular formula is C24H25NO5S2. The number of hydrogen-bond acceptors (Lipinski definition) is 6. The summed E-state index contributed by atoms with van der Waals surface area (Å²) in [6.45, 7) is 6.71. The number of sulfone groups is 1. The number of ether oxygens (including phenoxy) is 2. The summed E-state index contributed by atoms with van der Waals surface area (Å²) in [5, 5.41) is 4.42. The van der Waals surface area contributed by atoms with Gasteiger partial charge in [0.1, 0.15) is 4.90 Å². The van der Waals surface area contributed by atoms with Gasteiger partial charge in [0.05, 0.1) is 23.8 Å². The Labute approximate surface area is 192 Å². The van der Waals surface area contributed by atoms with E-state index in [0.29, 0.717) is 30.4 Å². The first-order valence-electron chi connectivity index (χ1n) is 10.5. The molecule has 1 atom stereocenters. The van der Waals surface area contributed by atoms with E-state index in [2.05, 4.69) is 5.32 Å². The molecule has 8 heteroatoms. The molecular weight excluding hydrogens is 446 g/mol. The molecule has 1 N–H and O–H groups in total. The largest absolute Gasteiger partial charge is 0.490 e. The quantitative estimate of drug-likeness (QED) is 0.515. The number of carbonyl (C=O) groups excluding carboxylic acids is 1. The van der Waals surface area contributed by atoms with Crippen molar-refractivity contribution in [3.63, 3.8) is 0 Å². The number of carbonyl (C=O) groups is 1. The lowest BCUT2D eigenvalue weighted by molar-refractivity contribution is -0.116. The lowest BCUT2D eigenvalue weighted by atomic mass is 9.90. The summed E-state index contributed by atoms with van der Waals surface area (Å²) in [4.78, 5) is 13.8. The normalized spacial score (nSPS) is 15.7. The van der Waals surface area contributed by atoms with Gasteiger partial charge in [0.25, 0.3) is 0 Å². The van der Waals surface area contributed by atoms with E-state index < -0.39 is 9.84 Å². The fourth-order valence-corrected chi connectivity index (χ4v) is 6.71. The van der Waals surface area contributed by atoms with Crippen molar-refractivity contribution < 1.29 is 22.7 Å². The number of aryl methyl sites for hydroxylation is 1. The standard InChI is InChI=1S/C24H25NO5S2/c1-4-29-19-11-8-16(12-20(19)30-5-2)18-13-22(26)25-23-21(14-31-24(18)23)32(27,28)17-9-6-15(3)7-10-17/h6-12,14,18H,4-5,13H2,1-3H3,(H,25,26)/t18-/m0/s1. The SMILES string of the molecule is CCOc1ccc([C@@H]2CC(=O)Nc3c(S(=O)(=O)c4ccc(C)cc4)csc32)cc1OCC. The van der Waals surface area contributed by atoms with Gasteiger partial charge in [-0.25, -0.2) is 8.42 Å². The third kappa shape index (κ3) is 4.12. The van der Waals surface area contributed by atoms with Crippen LogP contribution < -0.4 is 14.8 Å². The second kappa shape index (κ2) is 8.96. The van der Waals surface area contributed by atoms with Gasteiger partial charge in [-0.05, 0) is 50.6 Å². The Hall–Kier alpha value is -2.84. The average molecular weight is 472 g/mol. The lowest BCUT2D eigenvalue weighted by Gasteiger charge is -2.24. The highest BCUT2D eigenvalue weighted by Crippen LogP contribution is 2.47. The van der Waals surface area contributed by atoms with Crippen LogP contribution in [0.2, 0.25) is 0 Å². The van der Waals surface area contributed by atoms with Crippen LogP contribution in [-0.4, -0.2) is 27.5 Å². The zero-order valence-electron chi connectivity index (χ0n) is 18.2. The van der Waals surface area contributed by atoms with Crippen LogP contribution in [0, 0.1) is 6.92 Å². The second-order valence-electron chi connectivity index (χ2n) is 7.53. The summed E-state index contributed by atoms with van der Waals surface area (Å²) in [5.41, 5.74) is 2.24. The molecule has 2 aromatic carbocycles. The maximum absolute atomic E-state index is 13.3. The topological polar surface area (TPSA) is 81.7 Å². The van der Waals surface area contributed by atoms with Gasteiger partial charge < -0.3 is 14.8 Å². The lowest BCUT2D eigenvalue weighted by Crippen LogP contribution is -2.23. The van der Waals surface area contributed by atoms with Crippen molar-refractivity contribution in [2.75, 3.05) is 18.5 Å². The Bertz CT molecular complexity index is 1250. The summed E-state index contributed by atoms with van der Waals surface area (Å²) in [5.74, 6) is 0.782. The average Bonchev–Trinajstić information content (AvgIpc) is 3.19. The zero-order chi connectivity index (χ0) is 22.9. The number of fused-ring (bicyclic) bond motifs is 1. The molecule has 0 fully saturated rings. The number of anilines is 1. The molecule has 0 radical (unpaired) electrons. The highest BCUT2D eigenvalue weighted by Gasteiger charge is 2.34. The number of amides is 1. The molecule has 0 saturated heterocycles. The van der Waals surface area contributed by atoms with E-state index in [4.69, 9.17) is 9.47 Å². The molecule has 0 bridgehead atoms. The van der Waals surface area contributed by atoms with Gasteiger partial charge in [-0.2, -0.15) is 0 Å². The van der Waals surface area contributed by atoms with Crippen LogP contribution in [0.25, 0.3) is 0 Å². The van der Waals surface area contributed by atoms with Crippen LogP contribution in [0.15, 0.2) is 57.6 Å². The van der Waals surface area contributed by atoms with Gasteiger partial charge in [0.2, 0.25) is 15.7 Å². The Morgan fingerprint density at radius 3 is 2.41 bits per heavy atom. The van der Waals surface area contributed by atoms with Crippen LogP contribution in [0.4, 0.5) is 5.69 Å². The first-order chi connectivity index (χ1) is 15.3. The third-order valence-corrected chi connectivity index (χ3v) is 8.39. The van der Waals surface area contributed by atoms with Crippen molar-refractivity contribution in [3.8, 4) is 11.5 Å². The van der Waals surface area contributed by atoms with Gasteiger partial charge >= 0.3 is 0 Å². The number of rotatable bonds is 7. The van der Waals surface area contributed by atoms with Gasteiger partial charge in [-0.1, -0.05) is 23.8 Å². The minimum absolute atomic E-state index is 0.135. The van der Waals surface area contributed by atoms with Crippen LogP contribution >= 0.6 is 11.3 Å². The van der Waals surface area contributed by atoms with E-state index in [1.54, 1.807) is 29.6 Å². The summed E-state index contributed by atoms with van der Waals surface area (Å²) in [6, 6.07) is 12.4. The van der Waals surface area contributed by atoms with E-state index >= 15 is 0 Å². The van der Waals surface area contributed by atoms with Crippen LogP contribution in [-0.2, 0) is 14.6 Å². The van der Waals surface area contributed by atoms with E-state index in [0.717, 1.165) is 16.0 Å². The highest BCUT2D eigenvalue weighted by molar-refractivity contribution is 7.91. The Morgan fingerprint density at radius 2 is 1.72 bits per heavy atom. The smallest absolute Gasteiger partial charge is 0.225 e. The molecule has 0 aliphatic carbocycles. The van der Waals surface area contributed by atoms with E-state index in [1.165, 1.54) is 11.3 Å². The van der Waals surface area contributed by atoms with E-state index in [1.807, 2.05) is 39.0 Å². The molecule has 1 aliphatic rings. The Kier molecular flexibility index (Phi) is 6.26. The second-order valence-corrected chi connectivity index (χ2v) is 10.4. The maximum atomic E-state index is 13.3. The number of benzene rings is 2. The molecule has 0 saturated carbocycles. The van der Waals surface area contributed by atoms with Gasteiger partial charge in [-0.15, -0.1) is 11.3 Å². The molecule has 6 nitrogen and oxygen atoms in total. The predicted molar refractivity (Wildman–Crippen MR) is 125 cm³/mol. The van der Waals surface area contributed by atoms with Crippen molar-refractivity contribution in [2.45, 2.75) is 42.9 Å². The summed E-state index contributed by atoms with van der Waals surface area (Å²) in [7, 11) is -3.76. The summed E-state index contributed by atoms with van der Waals surface area (Å²) < 4.78 is 38.0. The molecule has 1 aliphatic heterocycles. The molecule has 1 aromatic heterocycles. The van der Waals surface area contributed by atoms with Crippen molar-refractivity contribution in [1.29, 1.82) is 0 Å². The van der Waals surface area contributed by atoms with Crippen molar-refractivity contribution >= 4 is 32.8 Å². The minimum atomic E-state index is -3.76. The molecule has 0 spiro atoms. The molecule has 2 heterocycles. The molecule has 4 rings (SSSR count). The number of hydrogen-bond donors (Lipinski definition) is 1. The number of thiophene rings is 1. The van der Waals surface area contributed by atoms with Crippen molar-refractivity contribution in [1.82, 2.24) is 0 Å². The molecule has 1 amide bonds. The van der Waals surface area contributed by atoms with Crippen LogP contribution in [0.3, 0.4) is 0 Å². The first kappa shape index (κ1) is 22.4. The highest BCUT2D eigenvalue weighted by atomic mass is 32.2. The maximum Gasteiger partial charge on any atom is 0.225 e. The molecule has 3 aromatic rings. The fraction of sp³-hybridized carbons (Fsp3) is 0.292. The molecule has 168 valence electrons. The van der Waals surface area contributed by atoms with Gasteiger partial charge in [-0.3, -0.25) is 4.79 Å². The predicted octanol–water partition coefficient (Wildman–Crippen LogP) is 5.16. The van der Waals surface area contributed by atoms with Crippen LogP contribution in [0.1, 0.15) is 42.2 Å². The van der Waals surface area contributed by atoms with E-state index in [9.17, 15) is 13.2 Å². The third-order valence-electron chi connectivity index (χ3n) is 5.35. The van der Waals surface area contributed by atoms with Crippen molar-refractivity contribution in [2.24, 2.45) is 0 Å². The summed E-state index contributed by atoms with van der Waals surface area (Å²) in [6.07, 6.45) is 0.233. The minimum Gasteiger partial charge on any atom is -0.490 e. The first-order valence-corrected chi connectivity index (χ1v) is 12.8. The number of nitrogens with one attached hydrogen (secondary N) is 1. The Balaban J connectivity index is 1.77. The molecule has 0 unspecified atom stereocenters. The van der Waals surface area contributed by atoms with Crippen molar-refractivity contribution in [3.05, 3.63) is 63.8 Å². The van der Waals surface area contributed by atoms with Crippen LogP contribution in [0.5, 0.6) is 11.5 Å². The van der Waals surface area contributed by atoms with E-state index in [-0.39, 0.29) is 28.0 Å². The van der Waals surface area contributed by atoms with Gasteiger partial charge in [0, 0.05) is 22.6 Å². The monoisotopic (exact) mass is 471 g/mol. The zero-order valence-corrected chi connectivity index (χ0v) is 19.8. The van der Waals surface area contributed by atoms with Gasteiger partial charge in [0.15, 0.2) is 11.5 Å².